The van der Waals surface area contributed by atoms with Crippen LogP contribution in [0.5, 0.6) is 0 Å². The van der Waals surface area contributed by atoms with Gasteiger partial charge in [0.1, 0.15) is 0 Å². The molecule has 0 aliphatic rings. The lowest BCUT2D eigenvalue weighted by Gasteiger charge is -2.06. The minimum Gasteiger partial charge on any atom is -0.0906 e. The van der Waals surface area contributed by atoms with Crippen LogP contribution in [0.4, 0.5) is 0 Å². The number of rotatable bonds is 3. The van der Waals surface area contributed by atoms with Gasteiger partial charge in [-0.05, 0) is 28.7 Å². The second-order valence-electron chi connectivity index (χ2n) is 3.90. The number of hydrogen-bond acceptors (Lipinski definition) is 0. The summed E-state index contributed by atoms with van der Waals surface area (Å²) in [5.74, 6) is 0. The van der Waals surface area contributed by atoms with Crippen molar-refractivity contribution in [2.75, 3.05) is 0 Å². The third-order valence-corrected chi connectivity index (χ3v) is 2.83. The van der Waals surface area contributed by atoms with Gasteiger partial charge in [0.2, 0.25) is 0 Å². The molecule has 0 aliphatic heterocycles. The fourth-order valence-corrected chi connectivity index (χ4v) is 1.75. The molecule has 0 heteroatoms. The van der Waals surface area contributed by atoms with Crippen molar-refractivity contribution in [2.45, 2.75) is 27.2 Å². The summed E-state index contributed by atoms with van der Waals surface area (Å²) in [4.78, 5) is 0. The number of aryl methyl sites for hydroxylation is 1. The van der Waals surface area contributed by atoms with Crippen molar-refractivity contribution in [2.24, 2.45) is 0 Å². The van der Waals surface area contributed by atoms with Crippen molar-refractivity contribution in [3.05, 3.63) is 77.9 Å². The standard InChI is InChI=1S/C16H16.C2H6/c1-3-14-9-11-16(12-10-14)13(2)15-7-5-4-6-8-15;1-2/h4-12H,2-3H2,1H3;1-2H3. The quantitative estimate of drug-likeness (QED) is 0.677. The first-order chi connectivity index (χ1) is 8.81. The van der Waals surface area contributed by atoms with Gasteiger partial charge in [-0.1, -0.05) is 81.9 Å². The summed E-state index contributed by atoms with van der Waals surface area (Å²) in [7, 11) is 0. The molecule has 0 fully saturated rings. The van der Waals surface area contributed by atoms with E-state index in [-0.39, 0.29) is 0 Å². The van der Waals surface area contributed by atoms with Gasteiger partial charge >= 0.3 is 0 Å². The highest BCUT2D eigenvalue weighted by molar-refractivity contribution is 5.77. The Kier molecular flexibility index (Phi) is 5.93. The largest absolute Gasteiger partial charge is 0.0906 e. The zero-order valence-corrected chi connectivity index (χ0v) is 11.6. The molecule has 2 rings (SSSR count). The van der Waals surface area contributed by atoms with Crippen LogP contribution < -0.4 is 0 Å². The molecule has 2 aromatic rings. The van der Waals surface area contributed by atoms with Crippen molar-refractivity contribution in [3.8, 4) is 0 Å². The van der Waals surface area contributed by atoms with Crippen molar-refractivity contribution in [1.29, 1.82) is 0 Å². The lowest BCUT2D eigenvalue weighted by molar-refractivity contribution is 1.14. The van der Waals surface area contributed by atoms with Crippen LogP contribution >= 0.6 is 0 Å². The summed E-state index contributed by atoms with van der Waals surface area (Å²) in [5.41, 5.74) is 4.84. The van der Waals surface area contributed by atoms with E-state index in [1.54, 1.807) is 0 Å². The number of hydrogen-bond donors (Lipinski definition) is 0. The summed E-state index contributed by atoms with van der Waals surface area (Å²) >= 11 is 0. The van der Waals surface area contributed by atoms with Crippen LogP contribution in [0.1, 0.15) is 37.5 Å². The predicted molar refractivity (Wildman–Crippen MR) is 81.7 cm³/mol. The molecule has 2 aromatic carbocycles. The van der Waals surface area contributed by atoms with Gasteiger partial charge in [0.05, 0.1) is 0 Å². The fraction of sp³-hybridized carbons (Fsp3) is 0.222. The summed E-state index contributed by atoms with van der Waals surface area (Å²) in [6.45, 7) is 10.3. The summed E-state index contributed by atoms with van der Waals surface area (Å²) < 4.78 is 0. The zero-order valence-electron chi connectivity index (χ0n) is 11.6. The maximum atomic E-state index is 4.15. The average molecular weight is 238 g/mol. The van der Waals surface area contributed by atoms with Gasteiger partial charge in [-0.2, -0.15) is 0 Å². The smallest absolute Gasteiger partial charge is 0.0183 e. The lowest BCUT2D eigenvalue weighted by atomic mass is 9.98. The molecule has 0 atom stereocenters. The monoisotopic (exact) mass is 238 g/mol. The molecule has 0 saturated carbocycles. The fourth-order valence-electron chi connectivity index (χ4n) is 1.75. The van der Waals surface area contributed by atoms with Crippen LogP contribution in [0.25, 0.3) is 5.57 Å². The molecule has 18 heavy (non-hydrogen) atoms. The molecule has 0 radical (unpaired) electrons. The van der Waals surface area contributed by atoms with Gasteiger partial charge in [-0.3, -0.25) is 0 Å². The van der Waals surface area contributed by atoms with E-state index in [1.165, 1.54) is 16.7 Å². The van der Waals surface area contributed by atoms with Crippen molar-refractivity contribution < 1.29 is 0 Å². The van der Waals surface area contributed by atoms with E-state index in [0.717, 1.165) is 12.0 Å². The lowest BCUT2D eigenvalue weighted by Crippen LogP contribution is -1.87. The van der Waals surface area contributed by atoms with Gasteiger partial charge in [-0.15, -0.1) is 0 Å². The van der Waals surface area contributed by atoms with Crippen LogP contribution in [-0.2, 0) is 6.42 Å². The molecular weight excluding hydrogens is 216 g/mol. The van der Waals surface area contributed by atoms with Gasteiger partial charge in [0, 0.05) is 0 Å². The highest BCUT2D eigenvalue weighted by Crippen LogP contribution is 2.21. The van der Waals surface area contributed by atoms with Crippen molar-refractivity contribution in [1.82, 2.24) is 0 Å². The summed E-state index contributed by atoms with van der Waals surface area (Å²) in [6, 6.07) is 18.9. The Morgan fingerprint density at radius 1 is 0.833 bits per heavy atom. The third-order valence-electron chi connectivity index (χ3n) is 2.83. The van der Waals surface area contributed by atoms with Gasteiger partial charge in [0.15, 0.2) is 0 Å². The van der Waals surface area contributed by atoms with E-state index in [0.29, 0.717) is 0 Å². The minimum absolute atomic E-state index is 1.08. The van der Waals surface area contributed by atoms with Crippen molar-refractivity contribution >= 4 is 5.57 Å². The van der Waals surface area contributed by atoms with Crippen LogP contribution in [-0.4, -0.2) is 0 Å². The second kappa shape index (κ2) is 7.50. The molecule has 0 heterocycles. The van der Waals surface area contributed by atoms with E-state index in [2.05, 4.69) is 49.9 Å². The third kappa shape index (κ3) is 3.59. The van der Waals surface area contributed by atoms with E-state index in [1.807, 2.05) is 32.0 Å². The highest BCUT2D eigenvalue weighted by Gasteiger charge is 2.00. The Labute approximate surface area is 111 Å². The summed E-state index contributed by atoms with van der Waals surface area (Å²) in [6.07, 6.45) is 1.08. The second-order valence-corrected chi connectivity index (χ2v) is 3.90. The predicted octanol–water partition coefficient (Wildman–Crippen LogP) is 5.34. The molecule has 0 aliphatic carbocycles. The van der Waals surface area contributed by atoms with Crippen molar-refractivity contribution in [3.63, 3.8) is 0 Å². The first kappa shape index (κ1) is 14.2. The van der Waals surface area contributed by atoms with E-state index in [9.17, 15) is 0 Å². The Bertz CT molecular complexity index is 463. The van der Waals surface area contributed by atoms with Crippen LogP contribution in [0.2, 0.25) is 0 Å². The topological polar surface area (TPSA) is 0 Å². The maximum Gasteiger partial charge on any atom is -0.0183 e. The molecule has 94 valence electrons. The molecule has 0 nitrogen and oxygen atoms in total. The molecule has 0 amide bonds. The maximum absolute atomic E-state index is 4.15. The Hall–Kier alpha value is -1.82. The SMILES string of the molecule is C=C(c1ccccc1)c1ccc(CC)cc1.CC. The molecule has 0 aromatic heterocycles. The van der Waals surface area contributed by atoms with E-state index >= 15 is 0 Å². The zero-order chi connectivity index (χ0) is 13.4. The van der Waals surface area contributed by atoms with Crippen LogP contribution in [0.15, 0.2) is 61.2 Å². The van der Waals surface area contributed by atoms with E-state index in [4.69, 9.17) is 0 Å². The highest BCUT2D eigenvalue weighted by atomic mass is 14.1. The molecule has 0 N–H and O–H groups in total. The Morgan fingerprint density at radius 3 is 1.83 bits per heavy atom. The molecule has 0 spiro atoms. The first-order valence-electron chi connectivity index (χ1n) is 6.65. The van der Waals surface area contributed by atoms with Gasteiger partial charge in [-0.25, -0.2) is 0 Å². The van der Waals surface area contributed by atoms with E-state index < -0.39 is 0 Å². The first-order valence-corrected chi connectivity index (χ1v) is 6.65. The average Bonchev–Trinajstić information content (AvgIpc) is 2.49. The molecule has 0 bridgehead atoms. The van der Waals surface area contributed by atoms with Gasteiger partial charge < -0.3 is 0 Å². The van der Waals surface area contributed by atoms with Crippen LogP contribution in [0, 0.1) is 0 Å². The van der Waals surface area contributed by atoms with Gasteiger partial charge in [0.25, 0.3) is 0 Å². The summed E-state index contributed by atoms with van der Waals surface area (Å²) in [5, 5.41) is 0. The number of benzene rings is 2. The Morgan fingerprint density at radius 2 is 1.33 bits per heavy atom. The molecule has 0 saturated heterocycles. The Balaban J connectivity index is 0.000000771. The molecular formula is C18H22. The molecule has 0 unspecified atom stereocenters. The van der Waals surface area contributed by atoms with Crippen LogP contribution in [0.3, 0.4) is 0 Å². The normalized spacial score (nSPS) is 9.28. The minimum atomic E-state index is 1.08.